The van der Waals surface area contributed by atoms with Crippen molar-refractivity contribution in [1.29, 1.82) is 0 Å². The van der Waals surface area contributed by atoms with Gasteiger partial charge in [0.1, 0.15) is 18.0 Å². The predicted octanol–water partition coefficient (Wildman–Crippen LogP) is 7.58. The van der Waals surface area contributed by atoms with E-state index >= 15 is 0 Å². The summed E-state index contributed by atoms with van der Waals surface area (Å²) in [6, 6.07) is 9.51. The molecule has 0 atom stereocenters. The number of amides is 1. The standard InChI is InChI=1S/C36H49FN6O4S/c1-35(2,3)31(36(4,5)6)22-43(14-16-45-7)13-10-15-47-30-20-28-27(19-29(30)46-8)33(40-23-39-28)42-34-38-21-26(48-34)18-32(44)41-25-12-9-11-24(37)17-25/h9,11-12,17,19-21,23,31H,10,13-16,18,22H2,1-8H3,(H,41,44)(H,38,39,40,42). The number of nitrogens with zero attached hydrogens (tertiary/aromatic N) is 4. The number of fused-ring (bicyclic) bond motifs is 1. The van der Waals surface area contributed by atoms with E-state index in [1.807, 2.05) is 12.1 Å². The van der Waals surface area contributed by atoms with E-state index in [1.165, 1.54) is 29.8 Å². The molecule has 2 aromatic heterocycles. The van der Waals surface area contributed by atoms with Gasteiger partial charge in [0, 0.05) is 55.0 Å². The Hall–Kier alpha value is -3.87. The van der Waals surface area contributed by atoms with Crippen molar-refractivity contribution in [3.63, 3.8) is 0 Å². The van der Waals surface area contributed by atoms with Gasteiger partial charge in [-0.1, -0.05) is 47.6 Å². The first-order valence-corrected chi connectivity index (χ1v) is 17.0. The van der Waals surface area contributed by atoms with E-state index in [0.717, 1.165) is 36.3 Å². The number of hydrogen-bond donors (Lipinski definition) is 2. The van der Waals surface area contributed by atoms with Crippen LogP contribution in [-0.2, 0) is 16.0 Å². The molecule has 1 amide bonds. The topological polar surface area (TPSA) is 111 Å². The quantitative estimate of drug-likeness (QED) is 0.116. The molecule has 0 spiro atoms. The number of aromatic nitrogens is 3. The lowest BCUT2D eigenvalue weighted by Crippen LogP contribution is -2.43. The van der Waals surface area contributed by atoms with Crippen LogP contribution in [0.15, 0.2) is 48.9 Å². The number of ether oxygens (including phenoxy) is 3. The zero-order valence-electron chi connectivity index (χ0n) is 29.4. The number of thiazole rings is 1. The SMILES string of the molecule is COCCN(CCCOc1cc2ncnc(Nc3ncc(CC(=O)Nc4cccc(F)c4)s3)c2cc1OC)CC(C(C)(C)C)C(C)(C)C. The number of halogens is 1. The molecule has 0 fully saturated rings. The van der Waals surface area contributed by atoms with Gasteiger partial charge in [-0.05, 0) is 47.4 Å². The molecule has 0 saturated heterocycles. The third-order valence-corrected chi connectivity index (χ3v) is 9.07. The highest BCUT2D eigenvalue weighted by atomic mass is 32.1. The second-order valence-electron chi connectivity index (χ2n) is 14.0. The van der Waals surface area contributed by atoms with Crippen molar-refractivity contribution >= 4 is 44.8 Å². The highest BCUT2D eigenvalue weighted by Gasteiger charge is 2.35. The molecule has 48 heavy (non-hydrogen) atoms. The van der Waals surface area contributed by atoms with Crippen LogP contribution in [0.1, 0.15) is 52.8 Å². The molecule has 260 valence electrons. The van der Waals surface area contributed by atoms with Gasteiger partial charge in [-0.15, -0.1) is 11.3 Å². The summed E-state index contributed by atoms with van der Waals surface area (Å²) >= 11 is 1.33. The monoisotopic (exact) mass is 680 g/mol. The highest BCUT2D eigenvalue weighted by molar-refractivity contribution is 7.15. The summed E-state index contributed by atoms with van der Waals surface area (Å²) in [6.45, 7) is 17.9. The molecule has 0 aliphatic carbocycles. The van der Waals surface area contributed by atoms with Gasteiger partial charge in [-0.2, -0.15) is 0 Å². The molecule has 2 N–H and O–H groups in total. The first-order valence-electron chi connectivity index (χ1n) is 16.2. The van der Waals surface area contributed by atoms with Gasteiger partial charge < -0.3 is 29.7 Å². The van der Waals surface area contributed by atoms with E-state index in [-0.39, 0.29) is 23.2 Å². The number of nitrogens with one attached hydrogen (secondary N) is 2. The predicted molar refractivity (Wildman–Crippen MR) is 191 cm³/mol. The van der Waals surface area contributed by atoms with Gasteiger partial charge >= 0.3 is 0 Å². The fraction of sp³-hybridized carbons (Fsp3) is 0.500. The molecule has 0 aliphatic rings. The van der Waals surface area contributed by atoms with E-state index in [1.54, 1.807) is 32.5 Å². The van der Waals surface area contributed by atoms with Crippen LogP contribution >= 0.6 is 11.3 Å². The van der Waals surface area contributed by atoms with Crippen LogP contribution in [0, 0.1) is 22.6 Å². The van der Waals surface area contributed by atoms with Gasteiger partial charge in [0.15, 0.2) is 16.6 Å². The molecule has 4 aromatic rings. The molecular weight excluding hydrogens is 631 g/mol. The smallest absolute Gasteiger partial charge is 0.229 e. The van der Waals surface area contributed by atoms with Crippen LogP contribution in [0.4, 0.5) is 21.0 Å². The van der Waals surface area contributed by atoms with Crippen molar-refractivity contribution < 1.29 is 23.4 Å². The van der Waals surface area contributed by atoms with Gasteiger partial charge in [0.2, 0.25) is 5.91 Å². The number of benzene rings is 2. The maximum atomic E-state index is 13.5. The Morgan fingerprint density at radius 3 is 2.44 bits per heavy atom. The van der Waals surface area contributed by atoms with E-state index in [9.17, 15) is 9.18 Å². The van der Waals surface area contributed by atoms with Crippen molar-refractivity contribution in [2.45, 2.75) is 54.4 Å². The Morgan fingerprint density at radius 1 is 0.979 bits per heavy atom. The molecule has 10 nitrogen and oxygen atoms in total. The molecule has 2 aromatic carbocycles. The van der Waals surface area contributed by atoms with E-state index in [0.29, 0.717) is 52.8 Å². The van der Waals surface area contributed by atoms with Crippen molar-refractivity contribution in [3.8, 4) is 11.5 Å². The summed E-state index contributed by atoms with van der Waals surface area (Å²) in [5, 5.41) is 7.27. The number of methoxy groups -OCH3 is 2. The summed E-state index contributed by atoms with van der Waals surface area (Å²) in [7, 11) is 3.36. The van der Waals surface area contributed by atoms with Crippen molar-refractivity contribution in [3.05, 3.63) is 59.6 Å². The zero-order chi connectivity index (χ0) is 34.9. The van der Waals surface area contributed by atoms with Crippen molar-refractivity contribution in [1.82, 2.24) is 19.9 Å². The molecular formula is C36H49FN6O4S. The highest BCUT2D eigenvalue weighted by Crippen LogP contribution is 2.40. The normalized spacial score (nSPS) is 12.1. The molecule has 0 radical (unpaired) electrons. The fourth-order valence-electron chi connectivity index (χ4n) is 6.00. The van der Waals surface area contributed by atoms with Crippen molar-refractivity contribution in [2.24, 2.45) is 16.7 Å². The molecule has 2 heterocycles. The number of hydrogen-bond acceptors (Lipinski definition) is 10. The average molecular weight is 681 g/mol. The van der Waals surface area contributed by atoms with E-state index in [2.05, 4.69) is 72.0 Å². The minimum absolute atomic E-state index is 0.104. The Bertz CT molecular complexity index is 1640. The molecule has 4 rings (SSSR count). The van der Waals surface area contributed by atoms with E-state index < -0.39 is 5.82 Å². The Balaban J connectivity index is 1.39. The summed E-state index contributed by atoms with van der Waals surface area (Å²) in [5.74, 6) is 1.57. The molecule has 0 unspecified atom stereocenters. The largest absolute Gasteiger partial charge is 0.493 e. The van der Waals surface area contributed by atoms with Crippen LogP contribution in [0.5, 0.6) is 11.5 Å². The second-order valence-corrected chi connectivity index (χ2v) is 15.1. The molecule has 0 saturated carbocycles. The Kier molecular flexibility index (Phi) is 12.7. The number of carbonyl (C=O) groups excluding carboxylic acids is 1. The van der Waals surface area contributed by atoms with Gasteiger partial charge in [0.25, 0.3) is 0 Å². The summed E-state index contributed by atoms with van der Waals surface area (Å²) < 4.78 is 30.8. The molecule has 12 heteroatoms. The van der Waals surface area contributed by atoms with Crippen LogP contribution in [-0.4, -0.2) is 72.8 Å². The van der Waals surface area contributed by atoms with E-state index in [4.69, 9.17) is 14.2 Å². The van der Waals surface area contributed by atoms with Crippen LogP contribution in [0.2, 0.25) is 0 Å². The van der Waals surface area contributed by atoms with Gasteiger partial charge in [-0.25, -0.2) is 19.3 Å². The summed E-state index contributed by atoms with van der Waals surface area (Å²) in [4.78, 5) is 29.0. The maximum Gasteiger partial charge on any atom is 0.229 e. The van der Waals surface area contributed by atoms with Crippen LogP contribution in [0.25, 0.3) is 10.9 Å². The Labute approximate surface area is 287 Å². The van der Waals surface area contributed by atoms with Crippen LogP contribution < -0.4 is 20.1 Å². The zero-order valence-corrected chi connectivity index (χ0v) is 30.2. The lowest BCUT2D eigenvalue weighted by molar-refractivity contribution is -0.115. The van der Waals surface area contributed by atoms with Crippen LogP contribution in [0.3, 0.4) is 0 Å². The van der Waals surface area contributed by atoms with Gasteiger partial charge in [-0.3, -0.25) is 4.79 Å². The third kappa shape index (κ3) is 10.6. The third-order valence-electron chi connectivity index (χ3n) is 8.16. The molecule has 0 aliphatic heterocycles. The minimum Gasteiger partial charge on any atom is -0.493 e. The lowest BCUT2D eigenvalue weighted by Gasteiger charge is -2.43. The summed E-state index contributed by atoms with van der Waals surface area (Å²) in [5.41, 5.74) is 1.45. The lowest BCUT2D eigenvalue weighted by atomic mass is 9.66. The maximum absolute atomic E-state index is 13.5. The molecule has 0 bridgehead atoms. The van der Waals surface area contributed by atoms with Gasteiger partial charge in [0.05, 0.1) is 32.3 Å². The first-order chi connectivity index (χ1) is 22.8. The fourth-order valence-corrected chi connectivity index (χ4v) is 6.81. The minimum atomic E-state index is -0.411. The number of rotatable bonds is 16. The number of anilines is 3. The average Bonchev–Trinajstić information content (AvgIpc) is 3.44. The summed E-state index contributed by atoms with van der Waals surface area (Å²) in [6.07, 6.45) is 4.06. The van der Waals surface area contributed by atoms with Crippen molar-refractivity contribution in [2.75, 3.05) is 57.7 Å². The first kappa shape index (κ1) is 37.0. The Morgan fingerprint density at radius 2 is 1.75 bits per heavy atom. The number of carbonyl (C=O) groups is 1. The second kappa shape index (κ2) is 16.5.